The van der Waals surface area contributed by atoms with Crippen molar-refractivity contribution in [2.75, 3.05) is 0 Å². The zero-order valence-corrected chi connectivity index (χ0v) is 15.6. The summed E-state index contributed by atoms with van der Waals surface area (Å²) >= 11 is 0. The number of carbonyl (C=O) groups excluding carboxylic acids is 1. The van der Waals surface area contributed by atoms with Crippen molar-refractivity contribution in [3.05, 3.63) is 77.5 Å². The average Bonchev–Trinajstić information content (AvgIpc) is 2.94. The van der Waals surface area contributed by atoms with Crippen LogP contribution in [0.5, 0.6) is 0 Å². The number of rotatable bonds is 6. The Morgan fingerprint density at radius 1 is 1.04 bits per heavy atom. The van der Waals surface area contributed by atoms with Gasteiger partial charge < -0.3 is 4.57 Å². The van der Waals surface area contributed by atoms with Crippen LogP contribution in [0.1, 0.15) is 41.9 Å². The zero-order chi connectivity index (χ0) is 18.5. The van der Waals surface area contributed by atoms with E-state index in [2.05, 4.69) is 23.6 Å². The average molecular weight is 344 g/mol. The van der Waals surface area contributed by atoms with Crippen LogP contribution in [0.2, 0.25) is 0 Å². The summed E-state index contributed by atoms with van der Waals surface area (Å²) in [5.74, 6) is 0.0507. The number of ketones is 1. The molecule has 0 aliphatic heterocycles. The smallest absolute Gasteiger partial charge is 0.163 e. The van der Waals surface area contributed by atoms with Gasteiger partial charge in [-0.2, -0.15) is 0 Å². The van der Waals surface area contributed by atoms with Gasteiger partial charge in [0.05, 0.1) is 16.9 Å². The van der Waals surface area contributed by atoms with E-state index in [0.29, 0.717) is 5.56 Å². The third kappa shape index (κ3) is 3.52. The molecule has 0 saturated heterocycles. The molecule has 0 radical (unpaired) electrons. The summed E-state index contributed by atoms with van der Waals surface area (Å²) in [4.78, 5) is 17.2. The van der Waals surface area contributed by atoms with Crippen LogP contribution in [0.3, 0.4) is 0 Å². The van der Waals surface area contributed by atoms with Crippen molar-refractivity contribution in [1.29, 1.82) is 0 Å². The Bertz CT molecular complexity index is 922. The van der Waals surface area contributed by atoms with Crippen LogP contribution in [-0.2, 0) is 6.54 Å². The molecule has 1 heterocycles. The Kier molecular flexibility index (Phi) is 5.47. The SMILES string of the molecule is CCCn1c(C)c(C(C)=O)c(N=Cc2ccccc2)c1-c1ccccc1. The van der Waals surface area contributed by atoms with Crippen LogP contribution in [0.25, 0.3) is 11.3 Å². The monoisotopic (exact) mass is 344 g/mol. The molecule has 3 rings (SSSR count). The second-order valence-corrected chi connectivity index (χ2v) is 6.40. The Hall–Kier alpha value is -2.94. The first-order chi connectivity index (χ1) is 12.6. The van der Waals surface area contributed by atoms with Gasteiger partial charge in [-0.25, -0.2) is 0 Å². The predicted octanol–water partition coefficient (Wildman–Crippen LogP) is 5.83. The predicted molar refractivity (Wildman–Crippen MR) is 109 cm³/mol. The van der Waals surface area contributed by atoms with Gasteiger partial charge in [-0.05, 0) is 25.8 Å². The fourth-order valence-corrected chi connectivity index (χ4v) is 3.34. The minimum absolute atomic E-state index is 0.0507. The number of hydrogen-bond donors (Lipinski definition) is 0. The first-order valence-electron chi connectivity index (χ1n) is 9.02. The highest BCUT2D eigenvalue weighted by Gasteiger charge is 2.23. The van der Waals surface area contributed by atoms with Crippen LogP contribution >= 0.6 is 0 Å². The number of aromatic nitrogens is 1. The molecule has 0 spiro atoms. The summed E-state index contributed by atoms with van der Waals surface area (Å²) < 4.78 is 2.23. The van der Waals surface area contributed by atoms with Crippen molar-refractivity contribution < 1.29 is 4.79 Å². The number of Topliss-reactive ketones (excluding diaryl/α,β-unsaturated/α-hetero) is 1. The van der Waals surface area contributed by atoms with Crippen LogP contribution < -0.4 is 0 Å². The first kappa shape index (κ1) is 17.9. The number of hydrogen-bond acceptors (Lipinski definition) is 2. The molecule has 1 aromatic heterocycles. The second kappa shape index (κ2) is 7.96. The molecule has 0 amide bonds. The Morgan fingerprint density at radius 3 is 2.23 bits per heavy atom. The standard InChI is InChI=1S/C23H24N2O/c1-4-15-25-17(2)21(18(3)26)22(23(25)20-13-9-6-10-14-20)24-16-19-11-7-5-8-12-19/h5-14,16H,4,15H2,1-3H3. The summed E-state index contributed by atoms with van der Waals surface area (Å²) in [5.41, 5.74) is 5.57. The molecule has 0 aliphatic carbocycles. The lowest BCUT2D eigenvalue weighted by atomic mass is 10.1. The third-order valence-corrected chi connectivity index (χ3v) is 4.49. The molecular formula is C23H24N2O. The Balaban J connectivity index is 2.24. The lowest BCUT2D eigenvalue weighted by Gasteiger charge is -2.11. The molecule has 0 atom stereocenters. The fourth-order valence-electron chi connectivity index (χ4n) is 3.34. The highest BCUT2D eigenvalue weighted by atomic mass is 16.1. The molecule has 3 heteroatoms. The van der Waals surface area contributed by atoms with Gasteiger partial charge in [-0.3, -0.25) is 9.79 Å². The maximum absolute atomic E-state index is 12.4. The second-order valence-electron chi connectivity index (χ2n) is 6.40. The van der Waals surface area contributed by atoms with E-state index in [9.17, 15) is 4.79 Å². The van der Waals surface area contributed by atoms with Gasteiger partial charge in [0, 0.05) is 24.0 Å². The molecule has 0 aliphatic rings. The minimum atomic E-state index is 0.0507. The normalized spacial score (nSPS) is 11.2. The topological polar surface area (TPSA) is 34.4 Å². The van der Waals surface area contributed by atoms with Crippen molar-refractivity contribution in [3.63, 3.8) is 0 Å². The van der Waals surface area contributed by atoms with E-state index in [4.69, 9.17) is 4.99 Å². The summed E-state index contributed by atoms with van der Waals surface area (Å²) in [6.07, 6.45) is 2.83. The molecule has 0 bridgehead atoms. The molecule has 0 saturated carbocycles. The van der Waals surface area contributed by atoms with Crippen molar-refractivity contribution in [3.8, 4) is 11.3 Å². The maximum atomic E-state index is 12.4. The number of aliphatic imine (C=N–C) groups is 1. The maximum Gasteiger partial charge on any atom is 0.163 e. The molecule has 132 valence electrons. The van der Waals surface area contributed by atoms with E-state index < -0.39 is 0 Å². The highest BCUT2D eigenvalue weighted by molar-refractivity contribution is 6.05. The lowest BCUT2D eigenvalue weighted by molar-refractivity contribution is 0.101. The third-order valence-electron chi connectivity index (χ3n) is 4.49. The highest BCUT2D eigenvalue weighted by Crippen LogP contribution is 2.38. The van der Waals surface area contributed by atoms with Crippen LogP contribution in [-0.4, -0.2) is 16.6 Å². The van der Waals surface area contributed by atoms with E-state index in [1.807, 2.05) is 61.7 Å². The molecule has 0 unspecified atom stereocenters. The molecule has 26 heavy (non-hydrogen) atoms. The molecule has 3 aromatic rings. The van der Waals surface area contributed by atoms with Gasteiger partial charge in [-0.15, -0.1) is 0 Å². The zero-order valence-electron chi connectivity index (χ0n) is 15.6. The van der Waals surface area contributed by atoms with Gasteiger partial charge >= 0.3 is 0 Å². The van der Waals surface area contributed by atoms with E-state index in [1.165, 1.54) is 0 Å². The van der Waals surface area contributed by atoms with E-state index >= 15 is 0 Å². The van der Waals surface area contributed by atoms with Crippen molar-refractivity contribution >= 4 is 17.7 Å². The number of benzene rings is 2. The van der Waals surface area contributed by atoms with E-state index in [1.54, 1.807) is 6.92 Å². The summed E-state index contributed by atoms with van der Waals surface area (Å²) in [5, 5.41) is 0. The van der Waals surface area contributed by atoms with Gasteiger partial charge in [-0.1, -0.05) is 67.6 Å². The quantitative estimate of drug-likeness (QED) is 0.409. The summed E-state index contributed by atoms with van der Waals surface area (Å²) in [6, 6.07) is 20.2. The molecule has 2 aromatic carbocycles. The van der Waals surface area contributed by atoms with Crippen LogP contribution in [0.15, 0.2) is 65.7 Å². The van der Waals surface area contributed by atoms with E-state index in [0.717, 1.165) is 41.2 Å². The lowest BCUT2D eigenvalue weighted by Crippen LogP contribution is -2.03. The molecular weight excluding hydrogens is 320 g/mol. The molecule has 0 fully saturated rings. The number of nitrogens with zero attached hydrogens (tertiary/aromatic N) is 2. The minimum Gasteiger partial charge on any atom is -0.342 e. The van der Waals surface area contributed by atoms with Crippen molar-refractivity contribution in [2.24, 2.45) is 4.99 Å². The van der Waals surface area contributed by atoms with Crippen LogP contribution in [0, 0.1) is 6.92 Å². The van der Waals surface area contributed by atoms with Crippen LogP contribution in [0.4, 0.5) is 5.69 Å². The summed E-state index contributed by atoms with van der Waals surface area (Å²) in [6.45, 7) is 6.64. The Labute approximate surface area is 155 Å². The van der Waals surface area contributed by atoms with Crippen molar-refractivity contribution in [1.82, 2.24) is 4.57 Å². The van der Waals surface area contributed by atoms with E-state index in [-0.39, 0.29) is 5.78 Å². The van der Waals surface area contributed by atoms with Gasteiger partial charge in [0.15, 0.2) is 5.78 Å². The Morgan fingerprint density at radius 2 is 1.65 bits per heavy atom. The summed E-state index contributed by atoms with van der Waals surface area (Å²) in [7, 11) is 0. The first-order valence-corrected chi connectivity index (χ1v) is 9.02. The largest absolute Gasteiger partial charge is 0.342 e. The molecule has 0 N–H and O–H groups in total. The molecule has 3 nitrogen and oxygen atoms in total. The number of carbonyl (C=O) groups is 1. The van der Waals surface area contributed by atoms with Gasteiger partial charge in [0.2, 0.25) is 0 Å². The van der Waals surface area contributed by atoms with Gasteiger partial charge in [0.1, 0.15) is 0 Å². The fraction of sp³-hybridized carbons (Fsp3) is 0.217. The van der Waals surface area contributed by atoms with Crippen molar-refractivity contribution in [2.45, 2.75) is 33.7 Å². The van der Waals surface area contributed by atoms with Gasteiger partial charge in [0.25, 0.3) is 0 Å².